The van der Waals surface area contributed by atoms with E-state index in [1.807, 2.05) is 44.0 Å². The van der Waals surface area contributed by atoms with Crippen LogP contribution in [0.3, 0.4) is 0 Å². The van der Waals surface area contributed by atoms with E-state index in [0.29, 0.717) is 16.4 Å². The smallest absolute Gasteiger partial charge is 0.127 e. The summed E-state index contributed by atoms with van der Waals surface area (Å²) in [6.07, 6.45) is 0. The van der Waals surface area contributed by atoms with Crippen LogP contribution in [0.5, 0.6) is 0 Å². The van der Waals surface area contributed by atoms with Crippen molar-refractivity contribution >= 4 is 28.7 Å². The molecule has 0 atom stereocenters. The molecule has 0 saturated heterocycles. The number of nitrogens with zero attached hydrogens (tertiary/aromatic N) is 1. The molecule has 4 heteroatoms. The monoisotopic (exact) mass is 278 g/mol. The van der Waals surface area contributed by atoms with Gasteiger partial charge in [-0.25, -0.2) is 4.39 Å². The second-order valence-electron chi connectivity index (χ2n) is 4.65. The van der Waals surface area contributed by atoms with E-state index < -0.39 is 0 Å². The molecule has 2 aromatic rings. The van der Waals surface area contributed by atoms with Crippen LogP contribution in [0.4, 0.5) is 21.5 Å². The van der Waals surface area contributed by atoms with Crippen molar-refractivity contribution in [2.24, 2.45) is 0 Å². The largest absolute Gasteiger partial charge is 0.398 e. The van der Waals surface area contributed by atoms with Crippen LogP contribution in [-0.2, 0) is 0 Å². The second-order valence-corrected chi connectivity index (χ2v) is 5.06. The van der Waals surface area contributed by atoms with Crippen LogP contribution in [0.2, 0.25) is 5.02 Å². The van der Waals surface area contributed by atoms with Gasteiger partial charge in [-0.1, -0.05) is 17.7 Å². The number of halogens is 2. The first-order valence-corrected chi connectivity index (χ1v) is 6.33. The van der Waals surface area contributed by atoms with Crippen LogP contribution >= 0.6 is 11.6 Å². The summed E-state index contributed by atoms with van der Waals surface area (Å²) in [7, 11) is 1.85. The summed E-state index contributed by atoms with van der Waals surface area (Å²) in [4.78, 5) is 1.85. The molecule has 0 aliphatic heterocycles. The fourth-order valence-corrected chi connectivity index (χ4v) is 2.29. The lowest BCUT2D eigenvalue weighted by Gasteiger charge is -2.24. The number of aryl methyl sites for hydroxylation is 1. The summed E-state index contributed by atoms with van der Waals surface area (Å²) >= 11 is 6.21. The third-order valence-electron chi connectivity index (χ3n) is 3.21. The summed E-state index contributed by atoms with van der Waals surface area (Å²) in [6, 6.07) is 8.52. The van der Waals surface area contributed by atoms with Crippen molar-refractivity contribution in [3.8, 4) is 0 Å². The summed E-state index contributed by atoms with van der Waals surface area (Å²) in [6.45, 7) is 3.85. The molecule has 2 aromatic carbocycles. The third-order valence-corrected chi connectivity index (χ3v) is 3.53. The Morgan fingerprint density at radius 1 is 1.11 bits per heavy atom. The Labute approximate surface area is 117 Å². The normalized spacial score (nSPS) is 10.6. The van der Waals surface area contributed by atoms with Gasteiger partial charge in [-0.05, 0) is 49.2 Å². The minimum absolute atomic E-state index is 0.353. The van der Waals surface area contributed by atoms with Crippen molar-refractivity contribution in [1.29, 1.82) is 0 Å². The third kappa shape index (κ3) is 2.66. The lowest BCUT2D eigenvalue weighted by molar-refractivity contribution is 0.628. The van der Waals surface area contributed by atoms with Crippen LogP contribution in [0, 0.1) is 19.7 Å². The Hall–Kier alpha value is -1.74. The fourth-order valence-electron chi connectivity index (χ4n) is 2.04. The van der Waals surface area contributed by atoms with Gasteiger partial charge in [-0.2, -0.15) is 0 Å². The van der Waals surface area contributed by atoms with Crippen molar-refractivity contribution in [2.45, 2.75) is 13.8 Å². The molecule has 0 unspecified atom stereocenters. The van der Waals surface area contributed by atoms with Gasteiger partial charge in [-0.15, -0.1) is 0 Å². The average Bonchev–Trinajstić information content (AvgIpc) is 2.36. The van der Waals surface area contributed by atoms with E-state index in [0.717, 1.165) is 16.8 Å². The first-order valence-electron chi connectivity index (χ1n) is 5.95. The summed E-state index contributed by atoms with van der Waals surface area (Å²) < 4.78 is 13.5. The van der Waals surface area contributed by atoms with Crippen molar-refractivity contribution < 1.29 is 4.39 Å². The molecule has 0 aliphatic carbocycles. The summed E-state index contributed by atoms with van der Waals surface area (Å²) in [5.74, 6) is -0.353. The molecule has 0 heterocycles. The predicted octanol–water partition coefficient (Wildman–Crippen LogP) is 4.45. The summed E-state index contributed by atoms with van der Waals surface area (Å²) in [5.41, 5.74) is 9.71. The maximum absolute atomic E-state index is 13.5. The lowest BCUT2D eigenvalue weighted by atomic mass is 10.1. The van der Waals surface area contributed by atoms with Gasteiger partial charge in [0.05, 0.1) is 10.7 Å². The highest BCUT2D eigenvalue weighted by atomic mass is 35.5. The molecule has 100 valence electrons. The zero-order chi connectivity index (χ0) is 14.2. The molecule has 2 nitrogen and oxygen atoms in total. The van der Waals surface area contributed by atoms with E-state index in [2.05, 4.69) is 0 Å². The van der Waals surface area contributed by atoms with Gasteiger partial charge in [0, 0.05) is 18.4 Å². The molecule has 2 rings (SSSR count). The number of benzene rings is 2. The topological polar surface area (TPSA) is 29.3 Å². The molecular weight excluding hydrogens is 263 g/mol. The van der Waals surface area contributed by atoms with Crippen molar-refractivity contribution in [1.82, 2.24) is 0 Å². The van der Waals surface area contributed by atoms with E-state index in [1.54, 1.807) is 0 Å². The molecule has 0 spiro atoms. The average molecular weight is 279 g/mol. The van der Waals surface area contributed by atoms with Gasteiger partial charge in [0.2, 0.25) is 0 Å². The number of rotatable bonds is 2. The SMILES string of the molecule is Cc1ccc(Cl)c(N(C)c2cc(F)cc(N)c2C)c1. The van der Waals surface area contributed by atoms with Gasteiger partial charge >= 0.3 is 0 Å². The number of nitrogen functional groups attached to an aromatic ring is 1. The maximum atomic E-state index is 13.5. The molecule has 2 N–H and O–H groups in total. The Morgan fingerprint density at radius 3 is 2.47 bits per heavy atom. The fraction of sp³-hybridized carbons (Fsp3) is 0.200. The summed E-state index contributed by atoms with van der Waals surface area (Å²) in [5, 5.41) is 0.621. The Balaban J connectivity index is 2.55. The van der Waals surface area contributed by atoms with Crippen LogP contribution in [0.25, 0.3) is 0 Å². The highest BCUT2D eigenvalue weighted by Gasteiger charge is 2.13. The van der Waals surface area contributed by atoms with E-state index in [4.69, 9.17) is 17.3 Å². The first kappa shape index (κ1) is 13.7. The van der Waals surface area contributed by atoms with Crippen LogP contribution in [-0.4, -0.2) is 7.05 Å². The quantitative estimate of drug-likeness (QED) is 0.823. The number of nitrogens with two attached hydrogens (primary N) is 1. The van der Waals surface area contributed by atoms with E-state index in [-0.39, 0.29) is 5.82 Å². The zero-order valence-electron chi connectivity index (χ0n) is 11.2. The van der Waals surface area contributed by atoms with Gasteiger partial charge in [-0.3, -0.25) is 0 Å². The molecule has 0 bridgehead atoms. The van der Waals surface area contributed by atoms with Crippen molar-refractivity contribution in [2.75, 3.05) is 17.7 Å². The van der Waals surface area contributed by atoms with E-state index in [9.17, 15) is 4.39 Å². The van der Waals surface area contributed by atoms with Gasteiger partial charge in [0.1, 0.15) is 5.82 Å². The van der Waals surface area contributed by atoms with Gasteiger partial charge in [0.25, 0.3) is 0 Å². The molecule has 0 radical (unpaired) electrons. The Morgan fingerprint density at radius 2 is 1.79 bits per heavy atom. The van der Waals surface area contributed by atoms with Crippen LogP contribution in [0.15, 0.2) is 30.3 Å². The van der Waals surface area contributed by atoms with Crippen LogP contribution < -0.4 is 10.6 Å². The lowest BCUT2D eigenvalue weighted by Crippen LogP contribution is -2.13. The van der Waals surface area contributed by atoms with Gasteiger partial charge in [0.15, 0.2) is 0 Å². The predicted molar refractivity (Wildman–Crippen MR) is 79.8 cm³/mol. The van der Waals surface area contributed by atoms with E-state index in [1.165, 1.54) is 12.1 Å². The highest BCUT2D eigenvalue weighted by molar-refractivity contribution is 6.33. The zero-order valence-corrected chi connectivity index (χ0v) is 11.9. The standard InChI is InChI=1S/C15H16ClFN2/c1-9-4-5-12(16)15(6-9)19(3)14-8-11(17)7-13(18)10(14)2/h4-8H,18H2,1-3H3. The number of anilines is 3. The molecule has 0 fully saturated rings. The molecule has 0 saturated carbocycles. The van der Waals surface area contributed by atoms with Crippen molar-refractivity contribution in [3.05, 3.63) is 52.3 Å². The number of hydrogen-bond donors (Lipinski definition) is 1. The molecule has 0 aromatic heterocycles. The molecule has 0 aliphatic rings. The number of hydrogen-bond acceptors (Lipinski definition) is 2. The molecular formula is C15H16ClFN2. The maximum Gasteiger partial charge on any atom is 0.127 e. The van der Waals surface area contributed by atoms with E-state index >= 15 is 0 Å². The minimum atomic E-state index is -0.353. The molecule has 19 heavy (non-hydrogen) atoms. The first-order chi connectivity index (χ1) is 8.90. The Kier molecular flexibility index (Phi) is 3.67. The molecule has 0 amide bonds. The van der Waals surface area contributed by atoms with Crippen LogP contribution in [0.1, 0.15) is 11.1 Å². The minimum Gasteiger partial charge on any atom is -0.398 e. The highest BCUT2D eigenvalue weighted by Crippen LogP contribution is 2.35. The Bertz CT molecular complexity index is 626. The van der Waals surface area contributed by atoms with Gasteiger partial charge < -0.3 is 10.6 Å². The van der Waals surface area contributed by atoms with Crippen molar-refractivity contribution in [3.63, 3.8) is 0 Å². The second kappa shape index (κ2) is 5.10.